The average molecular weight is 396 g/mol. The Bertz CT molecular complexity index is 574. The van der Waals surface area contributed by atoms with Crippen LogP contribution < -0.4 is 16.0 Å². The van der Waals surface area contributed by atoms with E-state index in [1.165, 1.54) is 12.1 Å². The molecule has 1 amide bonds. The van der Waals surface area contributed by atoms with Gasteiger partial charge in [0.2, 0.25) is 0 Å². The van der Waals surface area contributed by atoms with Crippen LogP contribution in [0.4, 0.5) is 15.8 Å². The third-order valence-electron chi connectivity index (χ3n) is 4.19. The molecule has 25 heavy (non-hydrogen) atoms. The van der Waals surface area contributed by atoms with E-state index in [9.17, 15) is 9.18 Å². The Balaban J connectivity index is 0.00000156. The van der Waals surface area contributed by atoms with Gasteiger partial charge in [0.05, 0.1) is 19.3 Å². The van der Waals surface area contributed by atoms with Gasteiger partial charge in [0.15, 0.2) is 0 Å². The van der Waals surface area contributed by atoms with E-state index in [0.29, 0.717) is 45.0 Å². The van der Waals surface area contributed by atoms with E-state index < -0.39 is 6.10 Å². The molecule has 2 atom stereocenters. The number of rotatable bonds is 4. The fourth-order valence-corrected chi connectivity index (χ4v) is 2.95. The van der Waals surface area contributed by atoms with E-state index in [1.807, 2.05) is 4.90 Å². The highest BCUT2D eigenvalue weighted by molar-refractivity contribution is 5.94. The Labute approximate surface area is 159 Å². The summed E-state index contributed by atoms with van der Waals surface area (Å²) in [7, 11) is 0. The van der Waals surface area contributed by atoms with Crippen LogP contribution in [0.2, 0.25) is 0 Å². The average Bonchev–Trinajstić information content (AvgIpc) is 3.04. The molecule has 2 aliphatic heterocycles. The van der Waals surface area contributed by atoms with Crippen LogP contribution in [0.1, 0.15) is 12.8 Å². The van der Waals surface area contributed by atoms with Gasteiger partial charge in [-0.05, 0) is 31.0 Å². The normalized spacial score (nSPS) is 22.7. The maximum atomic E-state index is 13.9. The monoisotopic (exact) mass is 395 g/mol. The van der Waals surface area contributed by atoms with Gasteiger partial charge in [-0.3, -0.25) is 4.79 Å². The van der Waals surface area contributed by atoms with Crippen molar-refractivity contribution in [2.75, 3.05) is 43.1 Å². The Morgan fingerprint density at radius 2 is 1.96 bits per heavy atom. The lowest BCUT2D eigenvalue weighted by Crippen LogP contribution is -2.36. The van der Waals surface area contributed by atoms with Gasteiger partial charge in [-0.1, -0.05) is 0 Å². The highest BCUT2D eigenvalue weighted by atomic mass is 35.5. The lowest BCUT2D eigenvalue weighted by atomic mass is 10.2. The molecule has 3 rings (SSSR count). The minimum absolute atomic E-state index is 0. The van der Waals surface area contributed by atoms with E-state index in [1.54, 1.807) is 6.07 Å². The van der Waals surface area contributed by atoms with Crippen LogP contribution in [0, 0.1) is 5.82 Å². The topological polar surface area (TPSA) is 76.8 Å². The smallest absolute Gasteiger partial charge is 0.253 e. The van der Waals surface area contributed by atoms with Crippen molar-refractivity contribution in [3.63, 3.8) is 0 Å². The van der Waals surface area contributed by atoms with Crippen molar-refractivity contribution in [3.05, 3.63) is 24.0 Å². The molecular formula is C16H24Cl2FN3O3. The summed E-state index contributed by atoms with van der Waals surface area (Å²) in [5.41, 5.74) is 6.74. The third-order valence-corrected chi connectivity index (χ3v) is 4.19. The number of carbonyl (C=O) groups is 1. The van der Waals surface area contributed by atoms with Crippen molar-refractivity contribution < 1.29 is 18.7 Å². The number of nitrogens with two attached hydrogens (primary N) is 1. The number of halogens is 3. The lowest BCUT2D eigenvalue weighted by molar-refractivity contribution is -0.126. The van der Waals surface area contributed by atoms with E-state index in [0.717, 1.165) is 12.1 Å². The number of ether oxygens (including phenoxy) is 2. The fraction of sp³-hybridized carbons (Fsp3) is 0.562. The van der Waals surface area contributed by atoms with Crippen molar-refractivity contribution in [1.82, 2.24) is 0 Å². The molecule has 0 radical (unpaired) electrons. The van der Waals surface area contributed by atoms with Crippen molar-refractivity contribution >= 4 is 42.1 Å². The number of anilines is 2. The summed E-state index contributed by atoms with van der Waals surface area (Å²) < 4.78 is 24.7. The molecule has 0 aromatic heterocycles. The highest BCUT2D eigenvalue weighted by Crippen LogP contribution is 2.25. The molecule has 2 heterocycles. The number of nitrogens with zero attached hydrogens (tertiary/aromatic N) is 1. The Hall–Kier alpha value is -1.12. The van der Waals surface area contributed by atoms with E-state index in [4.69, 9.17) is 15.2 Å². The summed E-state index contributed by atoms with van der Waals surface area (Å²) in [6, 6.07) is 4.57. The molecule has 0 unspecified atom stereocenters. The predicted molar refractivity (Wildman–Crippen MR) is 99.5 cm³/mol. The van der Waals surface area contributed by atoms with Crippen LogP contribution in [0.15, 0.2) is 18.2 Å². The maximum absolute atomic E-state index is 13.9. The van der Waals surface area contributed by atoms with Gasteiger partial charge < -0.3 is 25.4 Å². The number of benzene rings is 1. The number of hydrogen-bond acceptors (Lipinski definition) is 5. The summed E-state index contributed by atoms with van der Waals surface area (Å²) in [4.78, 5) is 14.3. The molecule has 1 aromatic carbocycles. The number of amides is 1. The highest BCUT2D eigenvalue weighted by Gasteiger charge is 2.30. The zero-order chi connectivity index (χ0) is 16.2. The molecule has 0 saturated carbocycles. The first-order valence-electron chi connectivity index (χ1n) is 7.95. The minimum Gasteiger partial charge on any atom is -0.378 e. The summed E-state index contributed by atoms with van der Waals surface area (Å²) in [5, 5.41) is 2.75. The Morgan fingerprint density at radius 3 is 2.60 bits per heavy atom. The van der Waals surface area contributed by atoms with Crippen LogP contribution in [0.3, 0.4) is 0 Å². The summed E-state index contributed by atoms with van der Waals surface area (Å²) in [6.45, 7) is 3.07. The molecule has 0 bridgehead atoms. The Morgan fingerprint density at radius 1 is 1.24 bits per heavy atom. The van der Waals surface area contributed by atoms with Crippen LogP contribution >= 0.6 is 24.8 Å². The van der Waals surface area contributed by atoms with Crippen molar-refractivity contribution in [2.45, 2.75) is 25.0 Å². The molecule has 2 aliphatic rings. The molecule has 6 nitrogen and oxygen atoms in total. The number of nitrogens with one attached hydrogen (secondary N) is 1. The van der Waals surface area contributed by atoms with Gasteiger partial charge in [0, 0.05) is 31.0 Å². The first-order valence-corrected chi connectivity index (χ1v) is 7.95. The van der Waals surface area contributed by atoms with Gasteiger partial charge in [0.25, 0.3) is 5.91 Å². The van der Waals surface area contributed by atoms with E-state index in [-0.39, 0.29) is 42.6 Å². The second kappa shape index (κ2) is 10.1. The molecular weight excluding hydrogens is 372 g/mol. The SMILES string of the molecule is Cl.Cl.NC[C@H]1CC[C@@H](C(=O)Nc2cc(F)cc(N3CCOCC3)c2)O1. The fourth-order valence-electron chi connectivity index (χ4n) is 2.95. The summed E-state index contributed by atoms with van der Waals surface area (Å²) >= 11 is 0. The molecule has 2 saturated heterocycles. The lowest BCUT2D eigenvalue weighted by Gasteiger charge is -2.29. The molecule has 0 aliphatic carbocycles. The van der Waals surface area contributed by atoms with Gasteiger partial charge in [-0.15, -0.1) is 24.8 Å². The van der Waals surface area contributed by atoms with E-state index >= 15 is 0 Å². The van der Waals surface area contributed by atoms with Crippen LogP contribution in [0.5, 0.6) is 0 Å². The van der Waals surface area contributed by atoms with Crippen LogP contribution in [0.25, 0.3) is 0 Å². The molecule has 9 heteroatoms. The first-order chi connectivity index (χ1) is 11.2. The molecule has 2 fully saturated rings. The van der Waals surface area contributed by atoms with Gasteiger partial charge in [-0.2, -0.15) is 0 Å². The van der Waals surface area contributed by atoms with Crippen molar-refractivity contribution in [2.24, 2.45) is 5.73 Å². The quantitative estimate of drug-likeness (QED) is 0.814. The second-order valence-electron chi connectivity index (χ2n) is 5.85. The number of hydrogen-bond donors (Lipinski definition) is 2. The summed E-state index contributed by atoms with van der Waals surface area (Å²) in [5.74, 6) is -0.629. The zero-order valence-corrected chi connectivity index (χ0v) is 15.4. The number of morpholine rings is 1. The van der Waals surface area contributed by atoms with Crippen molar-refractivity contribution in [3.8, 4) is 0 Å². The number of carbonyl (C=O) groups excluding carboxylic acids is 1. The minimum atomic E-state index is -0.515. The first kappa shape index (κ1) is 21.9. The summed E-state index contributed by atoms with van der Waals surface area (Å²) in [6.07, 6.45) is 0.830. The standard InChI is InChI=1S/C16H22FN3O3.2ClH/c17-11-7-12(9-13(8-11)20-3-5-22-6-4-20)19-16(21)15-2-1-14(10-18)23-15;;/h7-9,14-15H,1-6,10,18H2,(H,19,21);2*1H/t14-,15+;;/m1../s1. The largest absolute Gasteiger partial charge is 0.378 e. The van der Waals surface area contributed by atoms with Crippen LogP contribution in [-0.2, 0) is 14.3 Å². The maximum Gasteiger partial charge on any atom is 0.253 e. The van der Waals surface area contributed by atoms with Crippen LogP contribution in [-0.4, -0.2) is 51.0 Å². The molecule has 3 N–H and O–H groups in total. The molecule has 0 spiro atoms. The van der Waals surface area contributed by atoms with E-state index in [2.05, 4.69) is 5.32 Å². The van der Waals surface area contributed by atoms with Gasteiger partial charge in [0.1, 0.15) is 11.9 Å². The Kier molecular flexibility index (Phi) is 8.88. The second-order valence-corrected chi connectivity index (χ2v) is 5.85. The molecule has 142 valence electrons. The van der Waals surface area contributed by atoms with Gasteiger partial charge >= 0.3 is 0 Å². The molecule has 1 aromatic rings. The third kappa shape index (κ3) is 5.69. The zero-order valence-electron chi connectivity index (χ0n) is 13.8. The van der Waals surface area contributed by atoms with Crippen molar-refractivity contribution in [1.29, 1.82) is 0 Å². The van der Waals surface area contributed by atoms with Gasteiger partial charge in [-0.25, -0.2) is 4.39 Å². The predicted octanol–water partition coefficient (Wildman–Crippen LogP) is 1.95.